The largest absolute Gasteiger partial charge is 0.332 e. The van der Waals surface area contributed by atoms with E-state index >= 15 is 0 Å². The number of likely N-dealkylation sites (N-methyl/N-ethyl adjacent to an activating group) is 1. The fourth-order valence-corrected chi connectivity index (χ4v) is 1.54. The van der Waals surface area contributed by atoms with Gasteiger partial charge in [0.1, 0.15) is 0 Å². The van der Waals surface area contributed by atoms with Crippen molar-refractivity contribution < 1.29 is 0 Å². The minimum absolute atomic E-state index is 0.537. The summed E-state index contributed by atoms with van der Waals surface area (Å²) < 4.78 is 2.15. The average Bonchev–Trinajstić information content (AvgIpc) is 2.46. The Morgan fingerprint density at radius 3 is 2.92 bits per heavy atom. The third-order valence-corrected chi connectivity index (χ3v) is 2.33. The van der Waals surface area contributed by atoms with E-state index in [-0.39, 0.29) is 0 Å². The molecule has 1 aliphatic heterocycles. The minimum Gasteiger partial charge on any atom is -0.332 e. The van der Waals surface area contributed by atoms with Crippen molar-refractivity contribution in [3.63, 3.8) is 0 Å². The maximum Gasteiger partial charge on any atom is 0.0953 e. The Bertz CT molecular complexity index is 262. The molecule has 4 heteroatoms. The van der Waals surface area contributed by atoms with Crippen molar-refractivity contribution in [2.24, 2.45) is 5.73 Å². The number of nitrogens with two attached hydrogens (primary N) is 1. The van der Waals surface area contributed by atoms with Crippen LogP contribution < -0.4 is 5.73 Å². The number of imidazole rings is 1. The minimum atomic E-state index is 0.537. The Kier molecular flexibility index (Phi) is 1.86. The van der Waals surface area contributed by atoms with E-state index in [2.05, 4.69) is 21.5 Å². The molecule has 0 bridgehead atoms. The number of nitrogens with zero attached hydrogens (tertiary/aromatic N) is 3. The van der Waals surface area contributed by atoms with Gasteiger partial charge in [-0.15, -0.1) is 0 Å². The van der Waals surface area contributed by atoms with Gasteiger partial charge >= 0.3 is 0 Å². The molecule has 1 fully saturated rings. The molecule has 0 radical (unpaired) electrons. The Morgan fingerprint density at radius 1 is 1.67 bits per heavy atom. The predicted molar refractivity (Wildman–Crippen MR) is 46.7 cm³/mol. The van der Waals surface area contributed by atoms with Gasteiger partial charge in [-0.3, -0.25) is 0 Å². The number of aromatic nitrogens is 2. The summed E-state index contributed by atoms with van der Waals surface area (Å²) in [5.41, 5.74) is 6.44. The van der Waals surface area contributed by atoms with E-state index < -0.39 is 0 Å². The molecular formula is C8H14N4. The number of likely N-dealkylation sites (tertiary alicyclic amines) is 1. The van der Waals surface area contributed by atoms with Crippen molar-refractivity contribution in [1.82, 2.24) is 14.5 Å². The first-order valence-corrected chi connectivity index (χ1v) is 4.20. The normalized spacial score (nSPS) is 19.5. The molecule has 0 aromatic carbocycles. The maximum absolute atomic E-state index is 5.46. The molecule has 4 nitrogen and oxygen atoms in total. The molecule has 0 amide bonds. The summed E-state index contributed by atoms with van der Waals surface area (Å²) in [5, 5.41) is 0. The third kappa shape index (κ3) is 1.23. The molecule has 0 spiro atoms. The summed E-state index contributed by atoms with van der Waals surface area (Å²) in [6.07, 6.45) is 3.91. The lowest BCUT2D eigenvalue weighted by Gasteiger charge is -2.36. The zero-order chi connectivity index (χ0) is 8.55. The van der Waals surface area contributed by atoms with E-state index in [0.717, 1.165) is 18.8 Å². The molecule has 0 unspecified atom stereocenters. The standard InChI is InChI=1S/C8H14N4/c1-11-4-8(5-11)12-3-7(2-9)10-6-12/h3,6,8H,2,4-5,9H2,1H3. The van der Waals surface area contributed by atoms with E-state index in [1.807, 2.05) is 12.5 Å². The monoisotopic (exact) mass is 166 g/mol. The molecule has 1 saturated heterocycles. The van der Waals surface area contributed by atoms with E-state index in [0.29, 0.717) is 12.6 Å². The highest BCUT2D eigenvalue weighted by Crippen LogP contribution is 2.18. The molecule has 2 N–H and O–H groups in total. The summed E-state index contributed by atoms with van der Waals surface area (Å²) in [6, 6.07) is 0.614. The first-order valence-electron chi connectivity index (χ1n) is 4.20. The van der Waals surface area contributed by atoms with Gasteiger partial charge in [0.25, 0.3) is 0 Å². The second-order valence-electron chi connectivity index (χ2n) is 3.39. The van der Waals surface area contributed by atoms with Crippen LogP contribution >= 0.6 is 0 Å². The van der Waals surface area contributed by atoms with Crippen molar-refractivity contribution in [2.75, 3.05) is 20.1 Å². The topological polar surface area (TPSA) is 47.1 Å². The zero-order valence-corrected chi connectivity index (χ0v) is 7.27. The number of rotatable bonds is 2. The smallest absolute Gasteiger partial charge is 0.0953 e. The zero-order valence-electron chi connectivity index (χ0n) is 7.27. The van der Waals surface area contributed by atoms with Crippen LogP contribution in [0.15, 0.2) is 12.5 Å². The van der Waals surface area contributed by atoms with Crippen LogP contribution in [0.1, 0.15) is 11.7 Å². The number of hydrogen-bond donors (Lipinski definition) is 1. The van der Waals surface area contributed by atoms with E-state index in [4.69, 9.17) is 5.73 Å². The SMILES string of the molecule is CN1CC(n2cnc(CN)c2)C1. The van der Waals surface area contributed by atoms with E-state index in [9.17, 15) is 0 Å². The van der Waals surface area contributed by atoms with Gasteiger partial charge in [0, 0.05) is 25.8 Å². The molecule has 0 atom stereocenters. The fraction of sp³-hybridized carbons (Fsp3) is 0.625. The fourth-order valence-electron chi connectivity index (χ4n) is 1.54. The van der Waals surface area contributed by atoms with Crippen molar-refractivity contribution in [3.8, 4) is 0 Å². The Morgan fingerprint density at radius 2 is 2.42 bits per heavy atom. The van der Waals surface area contributed by atoms with Gasteiger partial charge in [0.2, 0.25) is 0 Å². The molecule has 1 aliphatic rings. The second-order valence-corrected chi connectivity index (χ2v) is 3.39. The van der Waals surface area contributed by atoms with Gasteiger partial charge < -0.3 is 15.2 Å². The lowest BCUT2D eigenvalue weighted by Crippen LogP contribution is -2.44. The van der Waals surface area contributed by atoms with Crippen molar-refractivity contribution in [1.29, 1.82) is 0 Å². The number of hydrogen-bond acceptors (Lipinski definition) is 3. The molecule has 2 heterocycles. The van der Waals surface area contributed by atoms with Crippen LogP contribution in [0.25, 0.3) is 0 Å². The predicted octanol–water partition coefficient (Wildman–Crippen LogP) is -0.172. The Labute approximate surface area is 72.0 Å². The van der Waals surface area contributed by atoms with Gasteiger partial charge in [-0.25, -0.2) is 4.98 Å². The Balaban J connectivity index is 2.04. The Hall–Kier alpha value is -0.870. The van der Waals surface area contributed by atoms with Crippen molar-refractivity contribution >= 4 is 0 Å². The molecule has 2 rings (SSSR count). The second kappa shape index (κ2) is 2.88. The molecule has 66 valence electrons. The van der Waals surface area contributed by atoms with Gasteiger partial charge in [-0.2, -0.15) is 0 Å². The third-order valence-electron chi connectivity index (χ3n) is 2.33. The van der Waals surface area contributed by atoms with Gasteiger partial charge in [-0.05, 0) is 7.05 Å². The lowest BCUT2D eigenvalue weighted by atomic mass is 10.1. The summed E-state index contributed by atoms with van der Waals surface area (Å²) >= 11 is 0. The van der Waals surface area contributed by atoms with Crippen LogP contribution in [0.2, 0.25) is 0 Å². The average molecular weight is 166 g/mol. The van der Waals surface area contributed by atoms with Gasteiger partial charge in [-0.1, -0.05) is 0 Å². The molecule has 12 heavy (non-hydrogen) atoms. The van der Waals surface area contributed by atoms with Crippen molar-refractivity contribution in [2.45, 2.75) is 12.6 Å². The van der Waals surface area contributed by atoms with E-state index in [1.54, 1.807) is 0 Å². The maximum atomic E-state index is 5.46. The summed E-state index contributed by atoms with van der Waals surface area (Å²) in [7, 11) is 2.12. The molecule has 1 aromatic rings. The quantitative estimate of drug-likeness (QED) is 0.663. The van der Waals surface area contributed by atoms with Crippen LogP contribution in [0.3, 0.4) is 0 Å². The lowest BCUT2D eigenvalue weighted by molar-refractivity contribution is 0.140. The van der Waals surface area contributed by atoms with E-state index in [1.165, 1.54) is 0 Å². The highest BCUT2D eigenvalue weighted by molar-refractivity contribution is 4.99. The van der Waals surface area contributed by atoms with Crippen LogP contribution in [-0.2, 0) is 6.54 Å². The highest BCUT2D eigenvalue weighted by atomic mass is 15.3. The molecular weight excluding hydrogens is 152 g/mol. The highest BCUT2D eigenvalue weighted by Gasteiger charge is 2.24. The van der Waals surface area contributed by atoms with Gasteiger partial charge in [0.05, 0.1) is 18.1 Å². The van der Waals surface area contributed by atoms with Crippen LogP contribution in [0, 0.1) is 0 Å². The first-order chi connectivity index (χ1) is 5.79. The molecule has 0 saturated carbocycles. The summed E-state index contributed by atoms with van der Waals surface area (Å²) in [6.45, 7) is 2.79. The molecule has 0 aliphatic carbocycles. The first kappa shape index (κ1) is 7.76. The van der Waals surface area contributed by atoms with Crippen LogP contribution in [0.4, 0.5) is 0 Å². The van der Waals surface area contributed by atoms with Gasteiger partial charge in [0.15, 0.2) is 0 Å². The van der Waals surface area contributed by atoms with Crippen LogP contribution in [0.5, 0.6) is 0 Å². The molecule has 1 aromatic heterocycles. The summed E-state index contributed by atoms with van der Waals surface area (Å²) in [5.74, 6) is 0. The van der Waals surface area contributed by atoms with Crippen molar-refractivity contribution in [3.05, 3.63) is 18.2 Å². The summed E-state index contributed by atoms with van der Waals surface area (Å²) in [4.78, 5) is 6.47. The van der Waals surface area contributed by atoms with Crippen LogP contribution in [-0.4, -0.2) is 34.6 Å².